The Kier molecular flexibility index (Phi) is 5.93. The van der Waals surface area contributed by atoms with Gasteiger partial charge in [0.25, 0.3) is 10.0 Å². The molecule has 2 N–H and O–H groups in total. The molecule has 3 rings (SSSR count). The van der Waals surface area contributed by atoms with E-state index in [1.807, 2.05) is 13.0 Å². The van der Waals surface area contributed by atoms with E-state index in [4.69, 9.17) is 16.3 Å². The number of carbonyl (C=O) groups is 1. The number of rotatable bonds is 5. The fourth-order valence-corrected chi connectivity index (χ4v) is 4.64. The summed E-state index contributed by atoms with van der Waals surface area (Å²) in [4.78, 5) is 12.2. The van der Waals surface area contributed by atoms with Gasteiger partial charge in [0.1, 0.15) is 10.6 Å². The van der Waals surface area contributed by atoms with Gasteiger partial charge in [0.15, 0.2) is 5.17 Å². The van der Waals surface area contributed by atoms with Gasteiger partial charge in [0.05, 0.1) is 23.7 Å². The highest BCUT2D eigenvalue weighted by molar-refractivity contribution is 8.15. The number of anilines is 2. The van der Waals surface area contributed by atoms with Crippen molar-refractivity contribution < 1.29 is 17.9 Å². The number of thioether (sulfide) groups is 1. The van der Waals surface area contributed by atoms with E-state index in [1.54, 1.807) is 30.3 Å². The molecule has 0 aliphatic carbocycles. The number of hydrogen-bond acceptors (Lipinski definition) is 6. The van der Waals surface area contributed by atoms with Crippen molar-refractivity contribution in [1.29, 1.82) is 0 Å². The van der Waals surface area contributed by atoms with Crippen LogP contribution >= 0.6 is 23.4 Å². The summed E-state index contributed by atoms with van der Waals surface area (Å²) in [5.41, 5.74) is 0.926. The van der Waals surface area contributed by atoms with Gasteiger partial charge in [-0.3, -0.25) is 4.79 Å². The minimum atomic E-state index is -3.87. The molecule has 0 saturated carbocycles. The molecule has 27 heavy (non-hydrogen) atoms. The van der Waals surface area contributed by atoms with Gasteiger partial charge in [-0.15, -0.1) is 4.40 Å². The molecule has 0 saturated heterocycles. The minimum absolute atomic E-state index is 0.00874. The fraction of sp³-hybridized carbons (Fsp3) is 0.176. The fourth-order valence-electron chi connectivity index (χ4n) is 2.34. The van der Waals surface area contributed by atoms with Crippen LogP contribution in [0.4, 0.5) is 11.4 Å². The van der Waals surface area contributed by atoms with Crippen LogP contribution in [0.3, 0.4) is 0 Å². The third kappa shape index (κ3) is 4.74. The Labute approximate surface area is 166 Å². The molecule has 1 heterocycles. The van der Waals surface area contributed by atoms with Gasteiger partial charge in [-0.1, -0.05) is 35.5 Å². The Hall–Kier alpha value is -2.23. The van der Waals surface area contributed by atoms with Crippen molar-refractivity contribution in [2.45, 2.75) is 11.8 Å². The van der Waals surface area contributed by atoms with Crippen LogP contribution in [0, 0.1) is 0 Å². The smallest absolute Gasteiger partial charge is 0.286 e. The van der Waals surface area contributed by atoms with Crippen LogP contribution in [0.1, 0.15) is 6.92 Å². The summed E-state index contributed by atoms with van der Waals surface area (Å²) < 4.78 is 33.7. The van der Waals surface area contributed by atoms with Crippen molar-refractivity contribution >= 4 is 55.8 Å². The molecule has 1 aliphatic heterocycles. The Bertz CT molecular complexity index is 1010. The lowest BCUT2D eigenvalue weighted by atomic mass is 10.3. The van der Waals surface area contributed by atoms with E-state index in [0.29, 0.717) is 28.8 Å². The van der Waals surface area contributed by atoms with E-state index in [1.165, 1.54) is 6.07 Å². The number of amides is 1. The summed E-state index contributed by atoms with van der Waals surface area (Å²) in [6.45, 7) is 2.33. The summed E-state index contributed by atoms with van der Waals surface area (Å²) in [6.07, 6.45) is 0. The molecule has 0 spiro atoms. The highest BCUT2D eigenvalue weighted by atomic mass is 35.5. The van der Waals surface area contributed by atoms with Gasteiger partial charge in [-0.05, 0) is 37.3 Å². The highest BCUT2D eigenvalue weighted by Gasteiger charge is 2.25. The average molecular weight is 426 g/mol. The number of fused-ring (bicyclic) bond motifs is 1. The van der Waals surface area contributed by atoms with Crippen molar-refractivity contribution in [3.05, 3.63) is 47.5 Å². The number of carbonyl (C=O) groups excluding carboxylic acids is 1. The van der Waals surface area contributed by atoms with E-state index >= 15 is 0 Å². The van der Waals surface area contributed by atoms with Crippen LogP contribution in [-0.4, -0.2) is 31.9 Å². The lowest BCUT2D eigenvalue weighted by Crippen LogP contribution is -2.22. The second-order valence-electron chi connectivity index (χ2n) is 5.40. The van der Waals surface area contributed by atoms with Crippen molar-refractivity contribution in [2.75, 3.05) is 23.0 Å². The van der Waals surface area contributed by atoms with E-state index in [-0.39, 0.29) is 21.7 Å². The Morgan fingerprint density at radius 2 is 2.07 bits per heavy atom. The van der Waals surface area contributed by atoms with Gasteiger partial charge >= 0.3 is 0 Å². The maximum Gasteiger partial charge on any atom is 0.286 e. The maximum atomic E-state index is 12.3. The molecule has 0 unspecified atom stereocenters. The molecule has 7 nitrogen and oxygen atoms in total. The summed E-state index contributed by atoms with van der Waals surface area (Å²) in [7, 11) is -3.87. The third-order valence-corrected chi connectivity index (χ3v) is 6.01. The number of hydrogen-bond donors (Lipinski definition) is 2. The second-order valence-corrected chi connectivity index (χ2v) is 8.38. The predicted molar refractivity (Wildman–Crippen MR) is 108 cm³/mol. The first-order valence-corrected chi connectivity index (χ1v) is 10.8. The zero-order valence-electron chi connectivity index (χ0n) is 14.2. The zero-order valence-corrected chi connectivity index (χ0v) is 16.6. The summed E-state index contributed by atoms with van der Waals surface area (Å²) in [6, 6.07) is 11.6. The number of ether oxygens (including phenoxy) is 1. The normalized spacial score (nSPS) is 14.5. The highest BCUT2D eigenvalue weighted by Crippen LogP contribution is 2.31. The standard InChI is InChI=1S/C17H16ClN3O4S2/c1-2-25-14-6-4-3-5-12(14)19-16(22)10-26-17-20-13-8-7-11(18)9-15(13)27(23,24)21-17/h3-9H,2,10H2,1H3,(H,19,22)(H,20,21). The second kappa shape index (κ2) is 8.20. The molecule has 0 radical (unpaired) electrons. The van der Waals surface area contributed by atoms with E-state index < -0.39 is 10.0 Å². The number of halogens is 1. The maximum absolute atomic E-state index is 12.3. The molecule has 1 amide bonds. The first kappa shape index (κ1) is 19.5. The largest absolute Gasteiger partial charge is 0.492 e. The molecule has 1 aliphatic rings. The molecule has 10 heteroatoms. The van der Waals surface area contributed by atoms with Crippen molar-refractivity contribution in [1.82, 2.24) is 0 Å². The molecule has 2 aromatic carbocycles. The number of nitrogens with zero attached hydrogens (tertiary/aromatic N) is 1. The summed E-state index contributed by atoms with van der Waals surface area (Å²) in [5.74, 6) is 0.237. The Morgan fingerprint density at radius 1 is 1.30 bits per heavy atom. The molecule has 0 fully saturated rings. The van der Waals surface area contributed by atoms with Crippen molar-refractivity contribution in [2.24, 2.45) is 4.40 Å². The van der Waals surface area contributed by atoms with Gasteiger partial charge in [0.2, 0.25) is 5.91 Å². The molecule has 2 aromatic rings. The van der Waals surface area contributed by atoms with Crippen LogP contribution in [0.25, 0.3) is 0 Å². The Morgan fingerprint density at radius 3 is 2.85 bits per heavy atom. The first-order valence-electron chi connectivity index (χ1n) is 7.95. The summed E-state index contributed by atoms with van der Waals surface area (Å²) >= 11 is 6.83. The minimum Gasteiger partial charge on any atom is -0.492 e. The lowest BCUT2D eigenvalue weighted by molar-refractivity contribution is -0.113. The number of para-hydroxylation sites is 2. The molecule has 0 aromatic heterocycles. The van der Waals surface area contributed by atoms with Crippen LogP contribution in [0.2, 0.25) is 5.02 Å². The van der Waals surface area contributed by atoms with Crippen LogP contribution in [-0.2, 0) is 14.8 Å². The lowest BCUT2D eigenvalue weighted by Gasteiger charge is -2.17. The third-order valence-electron chi connectivity index (χ3n) is 3.47. The monoisotopic (exact) mass is 425 g/mol. The van der Waals surface area contributed by atoms with Crippen molar-refractivity contribution in [3.8, 4) is 5.75 Å². The van der Waals surface area contributed by atoms with E-state index in [9.17, 15) is 13.2 Å². The van der Waals surface area contributed by atoms with Gasteiger partial charge in [-0.2, -0.15) is 8.42 Å². The SMILES string of the molecule is CCOc1ccccc1NC(=O)CSC1=NS(=O)(=O)c2cc(Cl)ccc2N1. The molecule has 0 atom stereocenters. The summed E-state index contributed by atoms with van der Waals surface area (Å²) in [5, 5.41) is 6.08. The molecule has 142 valence electrons. The average Bonchev–Trinajstić information content (AvgIpc) is 2.62. The quantitative estimate of drug-likeness (QED) is 0.759. The van der Waals surface area contributed by atoms with Crippen molar-refractivity contribution in [3.63, 3.8) is 0 Å². The van der Waals surface area contributed by atoms with Gasteiger partial charge in [0, 0.05) is 5.02 Å². The zero-order chi connectivity index (χ0) is 19.4. The van der Waals surface area contributed by atoms with Crippen LogP contribution in [0.5, 0.6) is 5.75 Å². The topological polar surface area (TPSA) is 96.9 Å². The predicted octanol–water partition coefficient (Wildman–Crippen LogP) is 3.58. The number of sulfonamides is 1. The number of amidine groups is 1. The molecular weight excluding hydrogens is 410 g/mol. The molecule has 0 bridgehead atoms. The van der Waals surface area contributed by atoms with Crippen LogP contribution in [0.15, 0.2) is 51.8 Å². The van der Waals surface area contributed by atoms with E-state index in [2.05, 4.69) is 15.0 Å². The first-order chi connectivity index (χ1) is 12.9. The number of benzene rings is 2. The van der Waals surface area contributed by atoms with Crippen LogP contribution < -0.4 is 15.4 Å². The van der Waals surface area contributed by atoms with Gasteiger partial charge < -0.3 is 15.4 Å². The van der Waals surface area contributed by atoms with E-state index in [0.717, 1.165) is 11.8 Å². The number of nitrogens with one attached hydrogen (secondary N) is 2. The van der Waals surface area contributed by atoms with Gasteiger partial charge in [-0.25, -0.2) is 0 Å². The molecular formula is C17H16ClN3O4S2. The Balaban J connectivity index is 1.67.